The highest BCUT2D eigenvalue weighted by molar-refractivity contribution is 5.96. The molecule has 0 saturated carbocycles. The summed E-state index contributed by atoms with van der Waals surface area (Å²) in [7, 11) is 1.52. The SMILES string of the molecule is CCN(CC)C(=O)CN(C)C(=O)c1cccc(Oc2cccc(C(F)(F)F)c2)c1. The van der Waals surface area contributed by atoms with Crippen molar-refractivity contribution in [1.29, 1.82) is 0 Å². The summed E-state index contributed by atoms with van der Waals surface area (Å²) in [6.45, 7) is 4.75. The van der Waals surface area contributed by atoms with Crippen LogP contribution in [0.4, 0.5) is 13.2 Å². The van der Waals surface area contributed by atoms with Gasteiger partial charge in [0.2, 0.25) is 5.91 Å². The Morgan fingerprint density at radius 1 is 0.966 bits per heavy atom. The van der Waals surface area contributed by atoms with Crippen molar-refractivity contribution in [3.63, 3.8) is 0 Å². The average Bonchev–Trinajstić information content (AvgIpc) is 2.68. The van der Waals surface area contributed by atoms with Gasteiger partial charge in [0.25, 0.3) is 5.91 Å². The number of nitrogens with zero attached hydrogens (tertiary/aromatic N) is 2. The maximum Gasteiger partial charge on any atom is 0.416 e. The maximum atomic E-state index is 12.8. The van der Waals surface area contributed by atoms with Crippen LogP contribution < -0.4 is 4.74 Å². The third kappa shape index (κ3) is 5.97. The van der Waals surface area contributed by atoms with Gasteiger partial charge in [-0.1, -0.05) is 12.1 Å². The Hall–Kier alpha value is -3.03. The molecule has 0 spiro atoms. The molecule has 0 atom stereocenters. The Labute approximate surface area is 167 Å². The fraction of sp³-hybridized carbons (Fsp3) is 0.333. The summed E-state index contributed by atoms with van der Waals surface area (Å²) in [4.78, 5) is 27.7. The lowest BCUT2D eigenvalue weighted by Crippen LogP contribution is -2.41. The number of hydrogen-bond acceptors (Lipinski definition) is 3. The Bertz CT molecular complexity index is 864. The molecule has 0 saturated heterocycles. The van der Waals surface area contributed by atoms with E-state index in [1.54, 1.807) is 17.0 Å². The molecule has 156 valence electrons. The molecule has 0 fully saturated rings. The molecular weight excluding hydrogens is 385 g/mol. The second-order valence-corrected chi connectivity index (χ2v) is 6.38. The smallest absolute Gasteiger partial charge is 0.416 e. The van der Waals surface area contributed by atoms with E-state index < -0.39 is 11.7 Å². The molecule has 2 amide bonds. The van der Waals surface area contributed by atoms with Crippen LogP contribution in [0.3, 0.4) is 0 Å². The summed E-state index contributed by atoms with van der Waals surface area (Å²) in [5, 5.41) is 0. The minimum Gasteiger partial charge on any atom is -0.457 e. The predicted molar refractivity (Wildman–Crippen MR) is 103 cm³/mol. The van der Waals surface area contributed by atoms with Gasteiger partial charge in [-0.05, 0) is 50.2 Å². The number of carbonyl (C=O) groups is 2. The zero-order valence-electron chi connectivity index (χ0n) is 16.5. The molecule has 0 radical (unpaired) electrons. The normalized spacial score (nSPS) is 11.1. The topological polar surface area (TPSA) is 49.9 Å². The van der Waals surface area contributed by atoms with Gasteiger partial charge >= 0.3 is 6.18 Å². The van der Waals surface area contributed by atoms with Gasteiger partial charge in [-0.2, -0.15) is 13.2 Å². The van der Waals surface area contributed by atoms with E-state index >= 15 is 0 Å². The largest absolute Gasteiger partial charge is 0.457 e. The predicted octanol–water partition coefficient (Wildman–Crippen LogP) is 4.44. The van der Waals surface area contributed by atoms with E-state index in [0.29, 0.717) is 13.1 Å². The molecule has 0 aliphatic rings. The highest BCUT2D eigenvalue weighted by Crippen LogP contribution is 2.32. The van der Waals surface area contributed by atoms with Gasteiger partial charge < -0.3 is 14.5 Å². The first-order chi connectivity index (χ1) is 13.7. The lowest BCUT2D eigenvalue weighted by atomic mass is 10.2. The second kappa shape index (κ2) is 9.45. The van der Waals surface area contributed by atoms with Crippen LogP contribution >= 0.6 is 0 Å². The molecule has 0 unspecified atom stereocenters. The van der Waals surface area contributed by atoms with E-state index in [1.165, 1.54) is 36.2 Å². The van der Waals surface area contributed by atoms with Crippen LogP contribution in [0.15, 0.2) is 48.5 Å². The fourth-order valence-corrected chi connectivity index (χ4v) is 2.74. The van der Waals surface area contributed by atoms with Gasteiger partial charge in [0.15, 0.2) is 0 Å². The summed E-state index contributed by atoms with van der Waals surface area (Å²) >= 11 is 0. The molecule has 0 N–H and O–H groups in total. The van der Waals surface area contributed by atoms with Crippen LogP contribution in [0, 0.1) is 0 Å². The van der Waals surface area contributed by atoms with Crippen molar-refractivity contribution in [3.8, 4) is 11.5 Å². The third-order valence-corrected chi connectivity index (χ3v) is 4.31. The van der Waals surface area contributed by atoms with Crippen molar-refractivity contribution in [2.45, 2.75) is 20.0 Å². The molecule has 0 bridgehead atoms. The fourth-order valence-electron chi connectivity index (χ4n) is 2.74. The van der Waals surface area contributed by atoms with E-state index in [4.69, 9.17) is 4.74 Å². The van der Waals surface area contributed by atoms with Crippen molar-refractivity contribution < 1.29 is 27.5 Å². The summed E-state index contributed by atoms with van der Waals surface area (Å²) in [6, 6.07) is 10.6. The Morgan fingerprint density at radius 3 is 2.14 bits per heavy atom. The molecule has 8 heteroatoms. The van der Waals surface area contributed by atoms with E-state index in [-0.39, 0.29) is 35.4 Å². The van der Waals surface area contributed by atoms with Crippen molar-refractivity contribution in [2.75, 3.05) is 26.7 Å². The average molecular weight is 408 g/mol. The zero-order valence-corrected chi connectivity index (χ0v) is 16.5. The first kappa shape index (κ1) is 22.3. The Balaban J connectivity index is 2.13. The highest BCUT2D eigenvalue weighted by atomic mass is 19.4. The number of ether oxygens (including phenoxy) is 1. The molecule has 2 aromatic rings. The molecule has 2 aromatic carbocycles. The lowest BCUT2D eigenvalue weighted by molar-refractivity contribution is -0.137. The highest BCUT2D eigenvalue weighted by Gasteiger charge is 2.30. The standard InChI is InChI=1S/C21H23F3N2O3/c1-4-26(5-2)19(27)14-25(3)20(28)15-8-6-10-17(12-15)29-18-11-7-9-16(13-18)21(22,23)24/h6-13H,4-5,14H2,1-3H3. The number of amides is 2. The third-order valence-electron chi connectivity index (χ3n) is 4.31. The van der Waals surface area contributed by atoms with Gasteiger partial charge in [-0.25, -0.2) is 0 Å². The molecule has 29 heavy (non-hydrogen) atoms. The van der Waals surface area contributed by atoms with Crippen LogP contribution in [0.2, 0.25) is 0 Å². The Morgan fingerprint density at radius 2 is 1.55 bits per heavy atom. The minimum absolute atomic E-state index is 0.00879. The number of benzene rings is 2. The first-order valence-corrected chi connectivity index (χ1v) is 9.14. The van der Waals surface area contributed by atoms with Crippen molar-refractivity contribution in [2.24, 2.45) is 0 Å². The second-order valence-electron chi connectivity index (χ2n) is 6.38. The monoisotopic (exact) mass is 408 g/mol. The number of halogens is 3. The van der Waals surface area contributed by atoms with Crippen molar-refractivity contribution in [3.05, 3.63) is 59.7 Å². The summed E-state index contributed by atoms with van der Waals surface area (Å²) in [6.07, 6.45) is -4.47. The maximum absolute atomic E-state index is 12.8. The first-order valence-electron chi connectivity index (χ1n) is 9.14. The van der Waals surface area contributed by atoms with Gasteiger partial charge in [0, 0.05) is 25.7 Å². The molecule has 0 aromatic heterocycles. The quantitative estimate of drug-likeness (QED) is 0.681. The minimum atomic E-state index is -4.47. The lowest BCUT2D eigenvalue weighted by Gasteiger charge is -2.23. The van der Waals surface area contributed by atoms with Crippen LogP contribution in [0.5, 0.6) is 11.5 Å². The van der Waals surface area contributed by atoms with E-state index in [9.17, 15) is 22.8 Å². The van der Waals surface area contributed by atoms with Crippen LogP contribution in [0.25, 0.3) is 0 Å². The molecular formula is C21H23F3N2O3. The van der Waals surface area contributed by atoms with Gasteiger partial charge in [-0.15, -0.1) is 0 Å². The molecule has 0 aliphatic carbocycles. The van der Waals surface area contributed by atoms with Gasteiger partial charge in [0.05, 0.1) is 12.1 Å². The van der Waals surface area contributed by atoms with E-state index in [0.717, 1.165) is 12.1 Å². The van der Waals surface area contributed by atoms with Gasteiger partial charge in [0.1, 0.15) is 11.5 Å². The number of alkyl halides is 3. The van der Waals surface area contributed by atoms with Gasteiger partial charge in [-0.3, -0.25) is 9.59 Å². The molecule has 0 heterocycles. The van der Waals surface area contributed by atoms with Crippen molar-refractivity contribution in [1.82, 2.24) is 9.80 Å². The molecule has 5 nitrogen and oxygen atoms in total. The zero-order chi connectivity index (χ0) is 21.6. The summed E-state index contributed by atoms with van der Waals surface area (Å²) < 4.78 is 44.0. The number of carbonyl (C=O) groups excluding carboxylic acids is 2. The molecule has 2 rings (SSSR count). The van der Waals surface area contributed by atoms with Crippen LogP contribution in [-0.4, -0.2) is 48.3 Å². The van der Waals surface area contributed by atoms with E-state index in [1.807, 2.05) is 13.8 Å². The number of rotatable bonds is 7. The van der Waals surface area contributed by atoms with E-state index in [2.05, 4.69) is 0 Å². The number of likely N-dealkylation sites (N-methyl/N-ethyl adjacent to an activating group) is 2. The number of hydrogen-bond donors (Lipinski definition) is 0. The van der Waals surface area contributed by atoms with Crippen LogP contribution in [0.1, 0.15) is 29.8 Å². The van der Waals surface area contributed by atoms with Crippen molar-refractivity contribution >= 4 is 11.8 Å². The molecule has 0 aliphatic heterocycles. The van der Waals surface area contributed by atoms with Crippen LogP contribution in [-0.2, 0) is 11.0 Å². The summed E-state index contributed by atoms with van der Waals surface area (Å²) in [5.74, 6) is -0.324. The summed E-state index contributed by atoms with van der Waals surface area (Å²) in [5.41, 5.74) is -0.554. The Kier molecular flexibility index (Phi) is 7.25.